The summed E-state index contributed by atoms with van der Waals surface area (Å²) in [5.41, 5.74) is -1.07. The first-order valence-corrected chi connectivity index (χ1v) is 20.3. The van der Waals surface area contributed by atoms with Crippen molar-refractivity contribution in [2.24, 2.45) is 7.05 Å². The number of pyridine rings is 1. The molecule has 5 heterocycles. The van der Waals surface area contributed by atoms with E-state index in [1.54, 1.807) is 29.9 Å². The molecule has 21 heteroatoms. The van der Waals surface area contributed by atoms with Gasteiger partial charge in [0.05, 0.1) is 33.3 Å². The van der Waals surface area contributed by atoms with Crippen LogP contribution in [-0.2, 0) is 54.7 Å². The number of para-hydroxylation sites is 1. The molecule has 2 atom stereocenters. The molecule has 6 aromatic rings. The zero-order valence-electron chi connectivity index (χ0n) is 31.3. The number of carbonyl (C=O) groups excluding carboxylic acids is 1. The summed E-state index contributed by atoms with van der Waals surface area (Å²) >= 11 is -0.0961. The second-order valence-electron chi connectivity index (χ2n) is 14.6. The lowest BCUT2D eigenvalue weighted by molar-refractivity contribution is -0.142. The van der Waals surface area contributed by atoms with Gasteiger partial charge in [-0.3, -0.25) is 14.2 Å². The number of nitrogens with zero attached hydrogens (tertiary/aromatic N) is 8. The van der Waals surface area contributed by atoms with Gasteiger partial charge in [-0.15, -0.1) is 0 Å². The molecular weight excluding hydrogens is 814 g/mol. The average molecular weight is 849 g/mol. The maximum absolute atomic E-state index is 15.0. The fraction of sp³-hybridized carbons (Fsp3) is 0.378. The third-order valence-electron chi connectivity index (χ3n) is 10.3. The number of carbonyl (C=O) groups is 1. The largest absolute Gasteiger partial charge is 0.593 e. The van der Waals surface area contributed by atoms with Crippen LogP contribution >= 0.6 is 11.3 Å². The number of halogens is 7. The minimum atomic E-state index is -5.05. The van der Waals surface area contributed by atoms with E-state index in [9.17, 15) is 31.3 Å². The van der Waals surface area contributed by atoms with Crippen molar-refractivity contribution in [3.8, 4) is 11.1 Å². The fourth-order valence-electron chi connectivity index (χ4n) is 7.63. The van der Waals surface area contributed by atoms with Crippen LogP contribution in [0.3, 0.4) is 0 Å². The van der Waals surface area contributed by atoms with Crippen molar-refractivity contribution >= 4 is 60.8 Å². The summed E-state index contributed by atoms with van der Waals surface area (Å²) in [5.74, 6) is -6.16. The van der Waals surface area contributed by atoms with Crippen LogP contribution < -0.4 is 14.9 Å². The Balaban J connectivity index is 1.27. The maximum atomic E-state index is 15.0. The van der Waals surface area contributed by atoms with Crippen LogP contribution in [0.4, 0.5) is 41.7 Å². The number of nitrogens with one attached hydrogen (secondary N) is 2. The van der Waals surface area contributed by atoms with E-state index in [0.717, 1.165) is 12.1 Å². The van der Waals surface area contributed by atoms with E-state index in [2.05, 4.69) is 30.0 Å². The van der Waals surface area contributed by atoms with Gasteiger partial charge in [0.15, 0.2) is 22.3 Å². The highest BCUT2D eigenvalue weighted by atomic mass is 32.2. The fourth-order valence-corrected chi connectivity index (χ4v) is 9.02. The zero-order chi connectivity index (χ0) is 41.4. The lowest BCUT2D eigenvalue weighted by atomic mass is 9.94. The Morgan fingerprint density at radius 3 is 2.48 bits per heavy atom. The smallest absolute Gasteiger partial charge is 0.435 e. The van der Waals surface area contributed by atoms with Crippen molar-refractivity contribution in [3.63, 3.8) is 0 Å². The van der Waals surface area contributed by atoms with Crippen LogP contribution in [0.5, 0.6) is 0 Å². The van der Waals surface area contributed by atoms with Gasteiger partial charge in [-0.25, -0.2) is 13.8 Å². The molecule has 306 valence electrons. The van der Waals surface area contributed by atoms with Crippen LogP contribution in [0.2, 0.25) is 0 Å². The number of aromatic nitrogens is 6. The Morgan fingerprint density at radius 2 is 1.81 bits per heavy atom. The number of alkyl halides is 5. The molecule has 8 rings (SSSR count). The SMILES string of the molecule is CN(C)C1CN(c2nc3nc(C(Cc4cc(F)cc(F)c4)NC(=O)Cn4nc(C(F)(F)F)c5c4C(F)(F)CC5)c(-c4cccc5c(N[S+](C)[O-])nn(C)c45)cc3s2)C1. The van der Waals surface area contributed by atoms with Gasteiger partial charge in [0, 0.05) is 60.7 Å². The third-order valence-corrected chi connectivity index (χ3v) is 11.9. The van der Waals surface area contributed by atoms with E-state index in [-0.39, 0.29) is 23.3 Å². The molecule has 0 radical (unpaired) electrons. The predicted molar refractivity (Wildman–Crippen MR) is 205 cm³/mol. The molecule has 1 fully saturated rings. The van der Waals surface area contributed by atoms with Gasteiger partial charge >= 0.3 is 6.18 Å². The third kappa shape index (κ3) is 7.43. The molecule has 2 aromatic carbocycles. The topological polar surface area (TPSA) is 132 Å². The number of benzene rings is 2. The highest BCUT2D eigenvalue weighted by Gasteiger charge is 2.50. The summed E-state index contributed by atoms with van der Waals surface area (Å²) in [7, 11) is 5.65. The maximum Gasteiger partial charge on any atom is 0.435 e. The van der Waals surface area contributed by atoms with E-state index >= 15 is 8.78 Å². The normalized spacial score (nSPS) is 16.6. The van der Waals surface area contributed by atoms with Gasteiger partial charge in [-0.2, -0.15) is 41.9 Å². The average Bonchev–Trinajstić information content (AvgIpc) is 3.84. The van der Waals surface area contributed by atoms with Gasteiger partial charge < -0.3 is 19.7 Å². The molecule has 1 saturated heterocycles. The first kappa shape index (κ1) is 39.8. The molecular formula is C37H35F7N10O2S2. The number of hydrogen-bond acceptors (Lipinski definition) is 10. The van der Waals surface area contributed by atoms with Crippen molar-refractivity contribution in [2.75, 3.05) is 43.1 Å². The first-order valence-electron chi connectivity index (χ1n) is 17.9. The Kier molecular flexibility index (Phi) is 10.1. The minimum absolute atomic E-state index is 0.0893. The predicted octanol–water partition coefficient (Wildman–Crippen LogP) is 6.33. The van der Waals surface area contributed by atoms with Crippen molar-refractivity contribution in [2.45, 2.75) is 50.0 Å². The summed E-state index contributed by atoms with van der Waals surface area (Å²) in [6.45, 7) is 0.403. The summed E-state index contributed by atoms with van der Waals surface area (Å²) in [4.78, 5) is 27.9. The molecule has 2 aliphatic rings. The van der Waals surface area contributed by atoms with E-state index in [1.165, 1.54) is 17.6 Å². The second-order valence-corrected chi connectivity index (χ2v) is 16.8. The molecule has 0 saturated carbocycles. The van der Waals surface area contributed by atoms with Gasteiger partial charge in [-0.1, -0.05) is 23.5 Å². The van der Waals surface area contributed by atoms with Gasteiger partial charge in [0.25, 0.3) is 5.92 Å². The summed E-state index contributed by atoms with van der Waals surface area (Å²) in [5, 5.41) is 12.0. The van der Waals surface area contributed by atoms with Crippen molar-refractivity contribution in [1.82, 2.24) is 39.7 Å². The summed E-state index contributed by atoms with van der Waals surface area (Å²) in [6, 6.07) is 8.95. The van der Waals surface area contributed by atoms with E-state index in [0.29, 0.717) is 67.6 Å². The van der Waals surface area contributed by atoms with Crippen molar-refractivity contribution < 1.29 is 40.1 Å². The van der Waals surface area contributed by atoms with Gasteiger partial charge in [0.1, 0.15) is 30.1 Å². The van der Waals surface area contributed by atoms with Crippen LogP contribution in [0.25, 0.3) is 32.4 Å². The first-order chi connectivity index (χ1) is 27.4. The molecule has 1 aliphatic heterocycles. The highest BCUT2D eigenvalue weighted by Crippen LogP contribution is 2.47. The number of anilines is 2. The lowest BCUT2D eigenvalue weighted by Crippen LogP contribution is -2.57. The Labute approximate surface area is 333 Å². The van der Waals surface area contributed by atoms with Gasteiger partial charge in [-0.05, 0) is 56.8 Å². The van der Waals surface area contributed by atoms with Crippen molar-refractivity contribution in [3.05, 3.63) is 82.3 Å². The monoisotopic (exact) mass is 848 g/mol. The Hall–Kier alpha value is -4.99. The molecule has 0 bridgehead atoms. The molecule has 1 amide bonds. The molecule has 12 nitrogen and oxygen atoms in total. The minimum Gasteiger partial charge on any atom is -0.593 e. The number of aryl methyl sites for hydroxylation is 1. The summed E-state index contributed by atoms with van der Waals surface area (Å²) < 4.78 is 119. The number of likely N-dealkylation sites (N-methyl/N-ethyl adjacent to an activating group) is 1. The number of fused-ring (bicyclic) bond motifs is 3. The molecule has 2 N–H and O–H groups in total. The quantitative estimate of drug-likeness (QED) is 0.113. The second kappa shape index (κ2) is 14.7. The molecule has 2 unspecified atom stereocenters. The van der Waals surface area contributed by atoms with E-state index < -0.39 is 83.4 Å². The Morgan fingerprint density at radius 1 is 1.09 bits per heavy atom. The van der Waals surface area contributed by atoms with Gasteiger partial charge in [0.2, 0.25) is 5.91 Å². The summed E-state index contributed by atoms with van der Waals surface area (Å²) in [6.07, 6.45) is -5.34. The number of amides is 1. The van der Waals surface area contributed by atoms with E-state index in [4.69, 9.17) is 9.97 Å². The highest BCUT2D eigenvalue weighted by molar-refractivity contribution is 7.92. The van der Waals surface area contributed by atoms with Crippen LogP contribution in [0.1, 0.15) is 40.7 Å². The van der Waals surface area contributed by atoms with E-state index in [1.807, 2.05) is 20.2 Å². The van der Waals surface area contributed by atoms with Crippen LogP contribution in [0, 0.1) is 11.6 Å². The number of rotatable bonds is 11. The number of thiazole rings is 1. The molecule has 1 aliphatic carbocycles. The number of hydrogen-bond donors (Lipinski definition) is 2. The van der Waals surface area contributed by atoms with Crippen LogP contribution in [-0.4, -0.2) is 84.4 Å². The standard InChI is InChI=1S/C37H35F7N10O2S2/c1-51(2)21-15-53(16-21)35-47-34-27(57-35)14-25(22-6-5-7-23-30(22)52(3)49-33(23)50-58(4)56)29(46-34)26(12-18-10-19(38)13-20(39)11-18)45-28(55)17-54-32-24(8-9-36(32,40)41)31(48-54)37(42,43)44/h5-7,10-11,13-14,21,26H,8-9,12,15-17H2,1-4H3,(H,45,55)(H,49,50). The molecule has 0 spiro atoms. The van der Waals surface area contributed by atoms with Crippen LogP contribution in [0.15, 0.2) is 42.5 Å². The molecule has 4 aromatic heterocycles. The van der Waals surface area contributed by atoms with Crippen molar-refractivity contribution in [1.29, 1.82) is 0 Å². The lowest BCUT2D eigenvalue weighted by Gasteiger charge is -2.42. The Bertz CT molecular complexity index is 2540. The molecule has 58 heavy (non-hydrogen) atoms. The zero-order valence-corrected chi connectivity index (χ0v) is 32.9.